The van der Waals surface area contributed by atoms with Crippen LogP contribution < -0.4 is 5.32 Å². The molecule has 0 aromatic carbocycles. The van der Waals surface area contributed by atoms with Gasteiger partial charge in [-0.1, -0.05) is 31.7 Å². The first kappa shape index (κ1) is 18.5. The summed E-state index contributed by atoms with van der Waals surface area (Å²) in [5.74, 6) is 1.42. The second-order valence-corrected chi connectivity index (χ2v) is 7.91. The number of hydrogen-bond donors (Lipinski definition) is 1. The SMILES string of the molecule is CN1CCc2nc(C3CCNCC3)ccc2C1.O=CCC1CCCC1. The van der Waals surface area contributed by atoms with Gasteiger partial charge in [-0.2, -0.15) is 0 Å². The van der Waals surface area contributed by atoms with Gasteiger partial charge in [-0.15, -0.1) is 0 Å². The Morgan fingerprint density at radius 2 is 1.96 bits per heavy atom. The maximum Gasteiger partial charge on any atom is 0.120 e. The number of piperidine rings is 1. The molecule has 0 amide bonds. The van der Waals surface area contributed by atoms with Crippen LogP contribution >= 0.6 is 0 Å². The van der Waals surface area contributed by atoms with E-state index in [1.165, 1.54) is 55.5 Å². The topological polar surface area (TPSA) is 45.2 Å². The fraction of sp³-hybridized carbons (Fsp3) is 0.714. The first-order valence-electron chi connectivity index (χ1n) is 10.1. The van der Waals surface area contributed by atoms with Crippen molar-refractivity contribution in [1.82, 2.24) is 15.2 Å². The number of carbonyl (C=O) groups excluding carboxylic acids is 1. The standard InChI is InChI=1S/C14H21N3.C7H12O/c1-17-9-6-14-12(10-17)2-3-13(16-14)11-4-7-15-8-5-11;8-6-5-7-3-1-2-4-7/h2-3,11,15H,4-10H2,1H3;6-7H,1-5H2. The molecule has 0 radical (unpaired) electrons. The normalized spacial score (nSPS) is 22.1. The zero-order valence-electron chi connectivity index (χ0n) is 15.7. The largest absolute Gasteiger partial charge is 0.317 e. The van der Waals surface area contributed by atoms with E-state index < -0.39 is 0 Å². The molecule has 3 aliphatic rings. The predicted molar refractivity (Wildman–Crippen MR) is 102 cm³/mol. The number of nitrogens with one attached hydrogen (secondary N) is 1. The lowest BCUT2D eigenvalue weighted by Gasteiger charge is -2.27. The van der Waals surface area contributed by atoms with E-state index in [2.05, 4.69) is 29.4 Å². The van der Waals surface area contributed by atoms with Gasteiger partial charge in [-0.3, -0.25) is 4.98 Å². The molecule has 2 aliphatic heterocycles. The van der Waals surface area contributed by atoms with Gasteiger partial charge < -0.3 is 15.0 Å². The third-order valence-electron chi connectivity index (χ3n) is 5.92. The van der Waals surface area contributed by atoms with Crippen molar-refractivity contribution in [2.45, 2.75) is 63.8 Å². The van der Waals surface area contributed by atoms with Gasteiger partial charge >= 0.3 is 0 Å². The van der Waals surface area contributed by atoms with Crippen LogP contribution in [0.4, 0.5) is 0 Å². The number of nitrogens with zero attached hydrogens (tertiary/aromatic N) is 2. The van der Waals surface area contributed by atoms with Crippen LogP contribution in [0.2, 0.25) is 0 Å². The Labute approximate surface area is 152 Å². The number of rotatable bonds is 3. The number of pyridine rings is 1. The van der Waals surface area contributed by atoms with E-state index in [1.807, 2.05) is 0 Å². The first-order chi connectivity index (χ1) is 12.3. The van der Waals surface area contributed by atoms with Crippen molar-refractivity contribution in [1.29, 1.82) is 0 Å². The lowest BCUT2D eigenvalue weighted by atomic mass is 9.93. The summed E-state index contributed by atoms with van der Waals surface area (Å²) < 4.78 is 0. The average Bonchev–Trinajstić information content (AvgIpc) is 3.16. The van der Waals surface area contributed by atoms with Crippen LogP contribution in [-0.4, -0.2) is 42.9 Å². The molecular formula is C21H33N3O. The molecule has 3 heterocycles. The van der Waals surface area contributed by atoms with E-state index in [0.29, 0.717) is 5.92 Å². The molecule has 2 fully saturated rings. The first-order valence-corrected chi connectivity index (χ1v) is 10.1. The van der Waals surface area contributed by atoms with Crippen molar-refractivity contribution >= 4 is 6.29 Å². The molecule has 1 aromatic heterocycles. The molecular weight excluding hydrogens is 310 g/mol. The van der Waals surface area contributed by atoms with Gasteiger partial charge in [0.2, 0.25) is 0 Å². The fourth-order valence-corrected chi connectivity index (χ4v) is 4.30. The van der Waals surface area contributed by atoms with Crippen molar-refractivity contribution in [3.05, 3.63) is 29.1 Å². The smallest absolute Gasteiger partial charge is 0.120 e. The van der Waals surface area contributed by atoms with E-state index in [9.17, 15) is 4.79 Å². The van der Waals surface area contributed by atoms with Crippen LogP contribution in [0.1, 0.15) is 67.8 Å². The Hall–Kier alpha value is -1.26. The van der Waals surface area contributed by atoms with E-state index in [0.717, 1.165) is 51.2 Å². The third-order valence-corrected chi connectivity index (χ3v) is 5.92. The second kappa shape index (κ2) is 9.44. The molecule has 1 saturated carbocycles. The highest BCUT2D eigenvalue weighted by Gasteiger charge is 2.20. The van der Waals surface area contributed by atoms with Crippen LogP contribution in [-0.2, 0) is 17.8 Å². The summed E-state index contributed by atoms with van der Waals surface area (Å²) in [6.07, 6.45) is 10.7. The molecule has 4 rings (SSSR count). The van der Waals surface area contributed by atoms with E-state index in [-0.39, 0.29) is 0 Å². The van der Waals surface area contributed by atoms with Crippen LogP contribution in [0.5, 0.6) is 0 Å². The molecule has 4 heteroatoms. The maximum absolute atomic E-state index is 9.96. The monoisotopic (exact) mass is 343 g/mol. The number of carbonyl (C=O) groups is 1. The minimum Gasteiger partial charge on any atom is -0.317 e. The molecule has 138 valence electrons. The van der Waals surface area contributed by atoms with Gasteiger partial charge in [0.15, 0.2) is 0 Å². The van der Waals surface area contributed by atoms with Gasteiger partial charge in [-0.05, 0) is 50.5 Å². The average molecular weight is 344 g/mol. The summed E-state index contributed by atoms with van der Waals surface area (Å²) >= 11 is 0. The number of hydrogen-bond acceptors (Lipinski definition) is 4. The van der Waals surface area contributed by atoms with Crippen molar-refractivity contribution in [2.24, 2.45) is 5.92 Å². The lowest BCUT2D eigenvalue weighted by Crippen LogP contribution is -2.29. The van der Waals surface area contributed by atoms with E-state index in [4.69, 9.17) is 4.98 Å². The summed E-state index contributed by atoms with van der Waals surface area (Å²) in [4.78, 5) is 17.2. The molecule has 1 saturated heterocycles. The fourth-order valence-electron chi connectivity index (χ4n) is 4.30. The van der Waals surface area contributed by atoms with Crippen molar-refractivity contribution < 1.29 is 4.79 Å². The minimum atomic E-state index is 0.682. The quantitative estimate of drug-likeness (QED) is 0.856. The number of aldehydes is 1. The summed E-state index contributed by atoms with van der Waals surface area (Å²) in [7, 11) is 2.18. The number of aromatic nitrogens is 1. The zero-order valence-corrected chi connectivity index (χ0v) is 15.7. The van der Waals surface area contributed by atoms with Crippen molar-refractivity contribution in [2.75, 3.05) is 26.7 Å². The summed E-state index contributed by atoms with van der Waals surface area (Å²) in [6.45, 7) is 4.50. The second-order valence-electron chi connectivity index (χ2n) is 7.91. The number of fused-ring (bicyclic) bond motifs is 1. The van der Waals surface area contributed by atoms with Crippen LogP contribution in [0.15, 0.2) is 12.1 Å². The Morgan fingerprint density at radius 3 is 2.68 bits per heavy atom. The molecule has 1 N–H and O–H groups in total. The minimum absolute atomic E-state index is 0.682. The van der Waals surface area contributed by atoms with Crippen LogP contribution in [0, 0.1) is 5.92 Å². The zero-order chi connectivity index (χ0) is 17.5. The van der Waals surface area contributed by atoms with Gasteiger partial charge in [0, 0.05) is 43.2 Å². The highest BCUT2D eigenvalue weighted by atomic mass is 16.1. The summed E-state index contributed by atoms with van der Waals surface area (Å²) in [6, 6.07) is 4.56. The summed E-state index contributed by atoms with van der Waals surface area (Å²) in [5.41, 5.74) is 4.10. The molecule has 0 unspecified atom stereocenters. The Kier molecular flexibility index (Phi) is 7.00. The molecule has 0 atom stereocenters. The van der Waals surface area contributed by atoms with E-state index >= 15 is 0 Å². The van der Waals surface area contributed by atoms with Crippen molar-refractivity contribution in [3.63, 3.8) is 0 Å². The highest BCUT2D eigenvalue weighted by molar-refractivity contribution is 5.49. The Bertz CT molecular complexity index is 548. The van der Waals surface area contributed by atoms with Crippen LogP contribution in [0.3, 0.4) is 0 Å². The molecule has 1 aromatic rings. The van der Waals surface area contributed by atoms with Gasteiger partial charge in [0.1, 0.15) is 6.29 Å². The Morgan fingerprint density at radius 1 is 1.20 bits per heavy atom. The maximum atomic E-state index is 9.96. The summed E-state index contributed by atoms with van der Waals surface area (Å²) in [5, 5.41) is 3.42. The van der Waals surface area contributed by atoms with Crippen LogP contribution in [0.25, 0.3) is 0 Å². The molecule has 25 heavy (non-hydrogen) atoms. The predicted octanol–water partition coefficient (Wildman–Crippen LogP) is 3.30. The third kappa shape index (κ3) is 5.35. The van der Waals surface area contributed by atoms with Gasteiger partial charge in [0.05, 0.1) is 0 Å². The van der Waals surface area contributed by atoms with Gasteiger partial charge in [0.25, 0.3) is 0 Å². The molecule has 0 spiro atoms. The molecule has 4 nitrogen and oxygen atoms in total. The molecule has 1 aliphatic carbocycles. The lowest BCUT2D eigenvalue weighted by molar-refractivity contribution is -0.108. The highest BCUT2D eigenvalue weighted by Crippen LogP contribution is 2.27. The Balaban J connectivity index is 0.000000192. The van der Waals surface area contributed by atoms with Gasteiger partial charge in [-0.25, -0.2) is 0 Å². The number of likely N-dealkylation sites (N-methyl/N-ethyl adjacent to an activating group) is 1. The van der Waals surface area contributed by atoms with Crippen molar-refractivity contribution in [3.8, 4) is 0 Å². The van der Waals surface area contributed by atoms with E-state index in [1.54, 1.807) is 0 Å². The molecule has 0 bridgehead atoms.